The molecule has 0 fully saturated rings. The molecule has 8 nitrogen and oxygen atoms in total. The molecule has 2 heterocycles. The Bertz CT molecular complexity index is 874. The number of rotatable bonds is 9. The van der Waals surface area contributed by atoms with Crippen molar-refractivity contribution in [1.29, 1.82) is 0 Å². The van der Waals surface area contributed by atoms with E-state index in [2.05, 4.69) is 14.5 Å². The summed E-state index contributed by atoms with van der Waals surface area (Å²) in [6.07, 6.45) is 1.30. The summed E-state index contributed by atoms with van der Waals surface area (Å²) >= 11 is 0. The first-order valence-electron chi connectivity index (χ1n) is 8.78. The number of aromatic nitrogens is 3. The Morgan fingerprint density at radius 1 is 1.19 bits per heavy atom. The van der Waals surface area contributed by atoms with E-state index >= 15 is 0 Å². The van der Waals surface area contributed by atoms with E-state index in [0.29, 0.717) is 37.5 Å². The van der Waals surface area contributed by atoms with Crippen LogP contribution in [0.5, 0.6) is 0 Å². The molecule has 2 aromatic rings. The molecule has 2 N–H and O–H groups in total. The zero-order valence-electron chi connectivity index (χ0n) is 16.2. The Morgan fingerprint density at radius 3 is 2.50 bits per heavy atom. The van der Waals surface area contributed by atoms with E-state index < -0.39 is 10.0 Å². The minimum Gasteiger partial charge on any atom is -0.382 e. The van der Waals surface area contributed by atoms with Crippen LogP contribution in [0, 0.1) is 13.8 Å². The SMILES string of the molecule is CCOCc1nc2c(N)nc(C)c(C)c2n1CCCCS(=O)(=O)N(C)C. The van der Waals surface area contributed by atoms with Gasteiger partial charge in [0.05, 0.1) is 11.3 Å². The van der Waals surface area contributed by atoms with Gasteiger partial charge in [-0.1, -0.05) is 0 Å². The minimum atomic E-state index is -3.17. The van der Waals surface area contributed by atoms with Crippen molar-refractivity contribution in [1.82, 2.24) is 18.8 Å². The number of aryl methyl sites for hydroxylation is 3. The maximum Gasteiger partial charge on any atom is 0.213 e. The van der Waals surface area contributed by atoms with Crippen molar-refractivity contribution in [2.24, 2.45) is 0 Å². The molecule has 0 aliphatic rings. The predicted molar refractivity (Wildman–Crippen MR) is 103 cm³/mol. The van der Waals surface area contributed by atoms with Gasteiger partial charge in [-0.2, -0.15) is 0 Å². The quantitative estimate of drug-likeness (QED) is 0.663. The van der Waals surface area contributed by atoms with Gasteiger partial charge in [0.2, 0.25) is 10.0 Å². The van der Waals surface area contributed by atoms with Gasteiger partial charge in [0.15, 0.2) is 5.82 Å². The molecule has 0 unspecified atom stereocenters. The third-order valence-electron chi connectivity index (χ3n) is 4.50. The van der Waals surface area contributed by atoms with Crippen LogP contribution < -0.4 is 5.73 Å². The fourth-order valence-electron chi connectivity index (χ4n) is 2.83. The Labute approximate surface area is 155 Å². The number of unbranched alkanes of at least 4 members (excludes halogenated alkanes) is 1. The second kappa shape index (κ2) is 8.32. The molecule has 2 rings (SSSR count). The van der Waals surface area contributed by atoms with Crippen LogP contribution >= 0.6 is 0 Å². The predicted octanol–water partition coefficient (Wildman–Crippen LogP) is 1.84. The van der Waals surface area contributed by atoms with E-state index in [4.69, 9.17) is 10.5 Å². The number of nitrogen functional groups attached to an aromatic ring is 1. The maximum absolute atomic E-state index is 11.9. The van der Waals surface area contributed by atoms with E-state index in [0.717, 1.165) is 29.0 Å². The number of imidazole rings is 1. The lowest BCUT2D eigenvalue weighted by molar-refractivity contribution is 0.126. The van der Waals surface area contributed by atoms with Gasteiger partial charge >= 0.3 is 0 Å². The van der Waals surface area contributed by atoms with E-state index in [1.807, 2.05) is 20.8 Å². The van der Waals surface area contributed by atoms with E-state index in [1.54, 1.807) is 14.1 Å². The summed E-state index contributed by atoms with van der Waals surface area (Å²) in [5.74, 6) is 1.34. The van der Waals surface area contributed by atoms with Gasteiger partial charge in [0.1, 0.15) is 17.9 Å². The Morgan fingerprint density at radius 2 is 1.88 bits per heavy atom. The number of nitrogens with two attached hydrogens (primary N) is 1. The molecule has 146 valence electrons. The lowest BCUT2D eigenvalue weighted by atomic mass is 10.2. The molecule has 0 aliphatic heterocycles. The molecule has 0 radical (unpaired) electrons. The summed E-state index contributed by atoms with van der Waals surface area (Å²) in [5, 5.41) is 0. The molecule has 0 aliphatic carbocycles. The van der Waals surface area contributed by atoms with Crippen molar-refractivity contribution in [2.45, 2.75) is 46.8 Å². The minimum absolute atomic E-state index is 0.134. The van der Waals surface area contributed by atoms with Crippen LogP contribution in [0.1, 0.15) is 36.8 Å². The average Bonchev–Trinajstić information content (AvgIpc) is 2.94. The molecule has 26 heavy (non-hydrogen) atoms. The van der Waals surface area contributed by atoms with Gasteiger partial charge in [-0.25, -0.2) is 22.7 Å². The number of pyridine rings is 1. The first-order valence-corrected chi connectivity index (χ1v) is 10.4. The van der Waals surface area contributed by atoms with Crippen molar-refractivity contribution in [3.05, 3.63) is 17.1 Å². The van der Waals surface area contributed by atoms with E-state index in [1.165, 1.54) is 4.31 Å². The Balaban J connectivity index is 2.29. The van der Waals surface area contributed by atoms with Gasteiger partial charge in [0, 0.05) is 32.9 Å². The van der Waals surface area contributed by atoms with Crippen molar-refractivity contribution in [3.8, 4) is 0 Å². The number of hydrogen-bond donors (Lipinski definition) is 1. The Kier molecular flexibility index (Phi) is 6.59. The molecule has 2 aromatic heterocycles. The van der Waals surface area contributed by atoms with E-state index in [-0.39, 0.29) is 5.75 Å². The number of fused-ring (bicyclic) bond motifs is 1. The lowest BCUT2D eigenvalue weighted by Gasteiger charge is -2.13. The molecule has 0 bridgehead atoms. The maximum atomic E-state index is 11.9. The smallest absolute Gasteiger partial charge is 0.213 e. The molecular weight excluding hydrogens is 354 g/mol. The molecule has 0 saturated heterocycles. The third kappa shape index (κ3) is 4.33. The zero-order chi connectivity index (χ0) is 19.5. The molecular formula is C17H29N5O3S. The highest BCUT2D eigenvalue weighted by Gasteiger charge is 2.18. The fourth-order valence-corrected chi connectivity index (χ4v) is 3.76. The Hall–Kier alpha value is -1.71. The topological polar surface area (TPSA) is 103 Å². The van der Waals surface area contributed by atoms with Gasteiger partial charge in [0.25, 0.3) is 0 Å². The van der Waals surface area contributed by atoms with Gasteiger partial charge in [-0.3, -0.25) is 0 Å². The molecule has 0 atom stereocenters. The normalized spacial score (nSPS) is 12.4. The number of sulfonamides is 1. The van der Waals surface area contributed by atoms with Gasteiger partial charge in [-0.15, -0.1) is 0 Å². The monoisotopic (exact) mass is 383 g/mol. The third-order valence-corrected chi connectivity index (χ3v) is 6.42. The lowest BCUT2D eigenvalue weighted by Crippen LogP contribution is -2.25. The van der Waals surface area contributed by atoms with E-state index in [9.17, 15) is 8.42 Å². The van der Waals surface area contributed by atoms with Crippen LogP contribution in [-0.4, -0.2) is 53.7 Å². The van der Waals surface area contributed by atoms with Crippen LogP contribution in [0.15, 0.2) is 0 Å². The van der Waals surface area contributed by atoms with Gasteiger partial charge < -0.3 is 15.0 Å². The van der Waals surface area contributed by atoms with Crippen LogP contribution in [0.2, 0.25) is 0 Å². The number of nitrogens with zero attached hydrogens (tertiary/aromatic N) is 4. The summed E-state index contributed by atoms with van der Waals surface area (Å²) in [4.78, 5) is 8.99. The van der Waals surface area contributed by atoms with Crippen LogP contribution in [-0.2, 0) is 27.9 Å². The van der Waals surface area contributed by atoms with Crippen molar-refractivity contribution in [3.63, 3.8) is 0 Å². The summed E-state index contributed by atoms with van der Waals surface area (Å²) in [6.45, 7) is 7.50. The standard InChI is InChI=1S/C17H29N5O3S/c1-6-25-11-14-20-15-16(12(2)13(3)19-17(15)18)22(14)9-7-8-10-26(23,24)21(4)5/h6-11H2,1-5H3,(H2,18,19). The first-order chi connectivity index (χ1) is 12.2. The highest BCUT2D eigenvalue weighted by atomic mass is 32.2. The second-order valence-electron chi connectivity index (χ2n) is 6.53. The summed E-state index contributed by atoms with van der Waals surface area (Å²) < 4.78 is 32.7. The highest BCUT2D eigenvalue weighted by Crippen LogP contribution is 2.26. The van der Waals surface area contributed by atoms with Crippen LogP contribution in [0.4, 0.5) is 5.82 Å². The van der Waals surface area contributed by atoms with Gasteiger partial charge in [-0.05, 0) is 39.2 Å². The summed E-state index contributed by atoms with van der Waals surface area (Å²) in [5.41, 5.74) is 9.61. The highest BCUT2D eigenvalue weighted by molar-refractivity contribution is 7.89. The van der Waals surface area contributed by atoms with Crippen molar-refractivity contribution in [2.75, 3.05) is 32.2 Å². The largest absolute Gasteiger partial charge is 0.382 e. The average molecular weight is 384 g/mol. The summed E-state index contributed by atoms with van der Waals surface area (Å²) in [7, 11) is -0.0612. The molecule has 0 saturated carbocycles. The number of anilines is 1. The van der Waals surface area contributed by atoms with Crippen molar-refractivity contribution >= 4 is 26.9 Å². The molecule has 9 heteroatoms. The number of hydrogen-bond acceptors (Lipinski definition) is 6. The van der Waals surface area contributed by atoms with Crippen LogP contribution in [0.3, 0.4) is 0 Å². The number of ether oxygens (including phenoxy) is 1. The fraction of sp³-hybridized carbons (Fsp3) is 0.647. The molecule has 0 amide bonds. The zero-order valence-corrected chi connectivity index (χ0v) is 17.1. The summed E-state index contributed by atoms with van der Waals surface area (Å²) in [6, 6.07) is 0. The van der Waals surface area contributed by atoms with Crippen LogP contribution in [0.25, 0.3) is 11.0 Å². The molecule has 0 aromatic carbocycles. The second-order valence-corrected chi connectivity index (χ2v) is 8.83. The molecule has 0 spiro atoms. The van der Waals surface area contributed by atoms with Crippen molar-refractivity contribution < 1.29 is 13.2 Å². The first kappa shape index (κ1) is 20.6.